The van der Waals surface area contributed by atoms with Crippen LogP contribution in [0, 0.1) is 12.8 Å². The Morgan fingerprint density at radius 2 is 2.33 bits per heavy atom. The largest absolute Gasteiger partial charge is 0.380 e. The van der Waals surface area contributed by atoms with Crippen LogP contribution in [0.1, 0.15) is 5.82 Å². The van der Waals surface area contributed by atoms with Gasteiger partial charge in [0.05, 0.1) is 5.69 Å². The molecule has 3 rings (SSSR count). The third-order valence-electron chi connectivity index (χ3n) is 4.00. The topological polar surface area (TPSA) is 91.0 Å². The zero-order valence-electron chi connectivity index (χ0n) is 13.5. The van der Waals surface area contributed by atoms with Crippen molar-refractivity contribution in [3.8, 4) is 11.3 Å². The van der Waals surface area contributed by atoms with Crippen molar-refractivity contribution in [3.63, 3.8) is 0 Å². The monoisotopic (exact) mass is 325 g/mol. The van der Waals surface area contributed by atoms with Crippen molar-refractivity contribution in [1.82, 2.24) is 19.9 Å². The average molecular weight is 325 g/mol. The Hall–Kier alpha value is -2.96. The van der Waals surface area contributed by atoms with Crippen molar-refractivity contribution < 1.29 is 4.79 Å². The molecule has 0 saturated carbocycles. The van der Waals surface area contributed by atoms with Crippen LogP contribution in [0.4, 0.5) is 5.69 Å². The van der Waals surface area contributed by atoms with E-state index in [9.17, 15) is 9.59 Å². The first-order chi connectivity index (χ1) is 11.6. The van der Waals surface area contributed by atoms with Crippen LogP contribution >= 0.6 is 0 Å². The van der Waals surface area contributed by atoms with E-state index in [4.69, 9.17) is 0 Å². The van der Waals surface area contributed by atoms with Gasteiger partial charge in [-0.25, -0.2) is 9.97 Å². The van der Waals surface area contributed by atoms with Gasteiger partial charge in [0.25, 0.3) is 5.56 Å². The number of nitrogens with one attached hydrogen (secondary N) is 2. The number of pyridine rings is 1. The van der Waals surface area contributed by atoms with E-state index in [1.165, 1.54) is 6.08 Å². The molecule has 0 unspecified atom stereocenters. The van der Waals surface area contributed by atoms with Gasteiger partial charge < -0.3 is 15.2 Å². The van der Waals surface area contributed by atoms with Crippen LogP contribution in [0.2, 0.25) is 0 Å². The fourth-order valence-corrected chi connectivity index (χ4v) is 2.64. The molecule has 124 valence electrons. The van der Waals surface area contributed by atoms with Gasteiger partial charge in [0, 0.05) is 43.5 Å². The molecule has 0 bridgehead atoms. The molecular weight excluding hydrogens is 306 g/mol. The first-order valence-corrected chi connectivity index (χ1v) is 7.75. The van der Waals surface area contributed by atoms with Crippen molar-refractivity contribution in [1.29, 1.82) is 0 Å². The van der Waals surface area contributed by atoms with Crippen molar-refractivity contribution in [2.75, 3.05) is 25.0 Å². The predicted molar refractivity (Wildman–Crippen MR) is 91.6 cm³/mol. The lowest BCUT2D eigenvalue weighted by Gasteiger charge is -2.38. The van der Waals surface area contributed by atoms with Crippen LogP contribution in [0.25, 0.3) is 11.3 Å². The van der Waals surface area contributed by atoms with E-state index in [-0.39, 0.29) is 11.5 Å². The lowest BCUT2D eigenvalue weighted by atomic mass is 10.00. The molecule has 1 fully saturated rings. The maximum absolute atomic E-state index is 12.0. The number of carbonyl (C=O) groups excluding carboxylic acids is 1. The maximum atomic E-state index is 12.0. The fraction of sp³-hybridized carbons (Fsp3) is 0.294. The zero-order valence-corrected chi connectivity index (χ0v) is 13.5. The fourth-order valence-electron chi connectivity index (χ4n) is 2.64. The van der Waals surface area contributed by atoms with Crippen LogP contribution in [0.15, 0.2) is 42.0 Å². The molecule has 7 heteroatoms. The zero-order chi connectivity index (χ0) is 17.1. The second-order valence-electron chi connectivity index (χ2n) is 5.81. The maximum Gasteiger partial charge on any atom is 0.271 e. The summed E-state index contributed by atoms with van der Waals surface area (Å²) >= 11 is 0. The minimum Gasteiger partial charge on any atom is -0.380 e. The minimum atomic E-state index is -0.178. The normalized spacial score (nSPS) is 14.1. The summed E-state index contributed by atoms with van der Waals surface area (Å²) in [5.74, 6) is 0.957. The molecule has 0 aromatic carbocycles. The van der Waals surface area contributed by atoms with Crippen molar-refractivity contribution in [2.45, 2.75) is 6.92 Å². The minimum absolute atomic E-state index is 0.0507. The second-order valence-corrected chi connectivity index (χ2v) is 5.81. The van der Waals surface area contributed by atoms with Crippen LogP contribution in [0.5, 0.6) is 0 Å². The van der Waals surface area contributed by atoms with E-state index in [1.807, 2.05) is 6.92 Å². The quantitative estimate of drug-likeness (QED) is 0.806. The summed E-state index contributed by atoms with van der Waals surface area (Å²) in [5, 5.41) is 3.17. The highest BCUT2D eigenvalue weighted by Crippen LogP contribution is 2.19. The molecule has 1 amide bonds. The summed E-state index contributed by atoms with van der Waals surface area (Å²) in [6.45, 7) is 7.29. The van der Waals surface area contributed by atoms with E-state index >= 15 is 0 Å². The Labute approximate surface area is 139 Å². The van der Waals surface area contributed by atoms with Crippen LogP contribution in [-0.4, -0.2) is 45.4 Å². The lowest BCUT2D eigenvalue weighted by molar-refractivity contribution is -0.131. The van der Waals surface area contributed by atoms with Crippen LogP contribution in [0.3, 0.4) is 0 Å². The molecule has 0 radical (unpaired) electrons. The number of amides is 1. The highest BCUT2D eigenvalue weighted by Gasteiger charge is 2.28. The standard InChI is InChI=1S/C17H19N5O2/c1-3-16(23)22-9-12(10-22)7-19-15-6-13(8-20-17(15)24)14-4-5-18-11(2)21-14/h3-6,8,12,19H,1,7,9-10H2,2H3,(H,20,24). The first-order valence-electron chi connectivity index (χ1n) is 7.75. The summed E-state index contributed by atoms with van der Waals surface area (Å²) in [7, 11) is 0. The van der Waals surface area contributed by atoms with E-state index < -0.39 is 0 Å². The molecule has 1 saturated heterocycles. The molecule has 0 atom stereocenters. The van der Waals surface area contributed by atoms with Gasteiger partial charge in [0.15, 0.2) is 0 Å². The summed E-state index contributed by atoms with van der Waals surface area (Å²) < 4.78 is 0. The van der Waals surface area contributed by atoms with Gasteiger partial charge >= 0.3 is 0 Å². The number of rotatable bonds is 5. The van der Waals surface area contributed by atoms with E-state index in [2.05, 4.69) is 26.8 Å². The third-order valence-corrected chi connectivity index (χ3v) is 4.00. The number of aromatic nitrogens is 3. The molecule has 0 spiro atoms. The summed E-state index contributed by atoms with van der Waals surface area (Å²) in [4.78, 5) is 36.3. The molecule has 2 N–H and O–H groups in total. The van der Waals surface area contributed by atoms with Gasteiger partial charge in [-0.2, -0.15) is 0 Å². The summed E-state index contributed by atoms with van der Waals surface area (Å²) in [5.41, 5.74) is 1.90. The van der Waals surface area contributed by atoms with E-state index in [0.717, 1.165) is 11.3 Å². The SMILES string of the molecule is C=CC(=O)N1CC(CNc2cc(-c3ccnc(C)n3)c[nH]c2=O)C1. The van der Waals surface area contributed by atoms with E-state index in [0.29, 0.717) is 37.1 Å². The van der Waals surface area contributed by atoms with Gasteiger partial charge in [-0.15, -0.1) is 0 Å². The van der Waals surface area contributed by atoms with Crippen LogP contribution in [-0.2, 0) is 4.79 Å². The predicted octanol–water partition coefficient (Wildman–Crippen LogP) is 1.20. The molecule has 7 nitrogen and oxygen atoms in total. The molecule has 3 heterocycles. The number of carbonyl (C=O) groups is 1. The van der Waals surface area contributed by atoms with Crippen LogP contribution < -0.4 is 10.9 Å². The smallest absolute Gasteiger partial charge is 0.271 e. The molecule has 2 aromatic heterocycles. The highest BCUT2D eigenvalue weighted by atomic mass is 16.2. The Bertz CT molecular complexity index is 824. The summed E-state index contributed by atoms with van der Waals surface area (Å²) in [6, 6.07) is 3.58. The number of likely N-dealkylation sites (tertiary alicyclic amines) is 1. The number of hydrogen-bond acceptors (Lipinski definition) is 5. The number of aryl methyl sites for hydroxylation is 1. The first kappa shape index (κ1) is 15.9. The Morgan fingerprint density at radius 3 is 3.04 bits per heavy atom. The van der Waals surface area contributed by atoms with Gasteiger partial charge in [0.2, 0.25) is 5.91 Å². The number of aromatic amines is 1. The van der Waals surface area contributed by atoms with Crippen molar-refractivity contribution in [2.24, 2.45) is 5.92 Å². The number of hydrogen-bond donors (Lipinski definition) is 2. The Morgan fingerprint density at radius 1 is 1.54 bits per heavy atom. The molecule has 24 heavy (non-hydrogen) atoms. The molecule has 0 aliphatic carbocycles. The Balaban J connectivity index is 1.66. The molecular formula is C17H19N5O2. The second kappa shape index (κ2) is 6.66. The number of H-pyrrole nitrogens is 1. The molecule has 1 aliphatic rings. The number of nitrogens with zero attached hydrogens (tertiary/aromatic N) is 3. The van der Waals surface area contributed by atoms with Crippen molar-refractivity contribution >= 4 is 11.6 Å². The highest BCUT2D eigenvalue weighted by molar-refractivity contribution is 5.87. The van der Waals surface area contributed by atoms with Gasteiger partial charge in [-0.05, 0) is 25.1 Å². The third kappa shape index (κ3) is 3.34. The van der Waals surface area contributed by atoms with Crippen molar-refractivity contribution in [3.05, 3.63) is 53.4 Å². The molecule has 2 aromatic rings. The average Bonchev–Trinajstić information content (AvgIpc) is 2.54. The lowest BCUT2D eigenvalue weighted by Crippen LogP contribution is -2.51. The molecule has 1 aliphatic heterocycles. The number of anilines is 1. The Kier molecular flexibility index (Phi) is 4.41. The van der Waals surface area contributed by atoms with Gasteiger partial charge in [0.1, 0.15) is 11.5 Å². The van der Waals surface area contributed by atoms with Gasteiger partial charge in [-0.3, -0.25) is 9.59 Å². The summed E-state index contributed by atoms with van der Waals surface area (Å²) in [6.07, 6.45) is 4.65. The van der Waals surface area contributed by atoms with Gasteiger partial charge in [-0.1, -0.05) is 6.58 Å². The van der Waals surface area contributed by atoms with E-state index in [1.54, 1.807) is 29.4 Å².